The van der Waals surface area contributed by atoms with Gasteiger partial charge in [-0.25, -0.2) is 4.98 Å². The number of hydrogen-bond donors (Lipinski definition) is 1. The Labute approximate surface area is 94.6 Å². The molecule has 0 aliphatic rings. The molecule has 0 amide bonds. The van der Waals surface area contributed by atoms with E-state index in [9.17, 15) is 4.79 Å². The number of halogens is 1. The van der Waals surface area contributed by atoms with Crippen molar-refractivity contribution in [3.8, 4) is 0 Å². The summed E-state index contributed by atoms with van der Waals surface area (Å²) in [4.78, 5) is 15.5. The summed E-state index contributed by atoms with van der Waals surface area (Å²) in [5.41, 5.74) is 7.34. The SMILES string of the molecule is NCc1nc2ccc(C(=O)CBr)cc2o1. The Morgan fingerprint density at radius 1 is 1.53 bits per heavy atom. The molecule has 0 aliphatic carbocycles. The highest BCUT2D eigenvalue weighted by Gasteiger charge is 2.08. The zero-order valence-corrected chi connectivity index (χ0v) is 9.45. The molecule has 0 bridgehead atoms. The molecule has 5 heteroatoms. The topological polar surface area (TPSA) is 69.1 Å². The molecule has 4 nitrogen and oxygen atoms in total. The van der Waals surface area contributed by atoms with Crippen molar-refractivity contribution >= 4 is 32.8 Å². The Morgan fingerprint density at radius 2 is 2.33 bits per heavy atom. The van der Waals surface area contributed by atoms with E-state index in [1.54, 1.807) is 18.2 Å². The highest BCUT2D eigenvalue weighted by atomic mass is 79.9. The second-order valence-corrected chi connectivity index (χ2v) is 3.61. The largest absolute Gasteiger partial charge is 0.439 e. The maximum absolute atomic E-state index is 11.4. The van der Waals surface area contributed by atoms with Gasteiger partial charge in [0, 0.05) is 5.56 Å². The van der Waals surface area contributed by atoms with Crippen LogP contribution in [0.1, 0.15) is 16.2 Å². The van der Waals surface area contributed by atoms with Gasteiger partial charge in [0.25, 0.3) is 0 Å². The van der Waals surface area contributed by atoms with Gasteiger partial charge >= 0.3 is 0 Å². The first kappa shape index (κ1) is 10.3. The van der Waals surface area contributed by atoms with E-state index in [1.807, 2.05) is 0 Å². The van der Waals surface area contributed by atoms with E-state index in [4.69, 9.17) is 10.2 Å². The van der Waals surface area contributed by atoms with Crippen molar-refractivity contribution in [2.24, 2.45) is 5.73 Å². The quantitative estimate of drug-likeness (QED) is 0.682. The number of ketones is 1. The van der Waals surface area contributed by atoms with Gasteiger partial charge in [0.05, 0.1) is 11.9 Å². The standard InChI is InChI=1S/C10H9BrN2O2/c11-4-8(14)6-1-2-7-9(3-6)15-10(5-12)13-7/h1-3H,4-5,12H2. The summed E-state index contributed by atoms with van der Waals surface area (Å²) in [7, 11) is 0. The molecule has 0 aliphatic heterocycles. The third-order valence-electron chi connectivity index (χ3n) is 2.05. The van der Waals surface area contributed by atoms with Gasteiger partial charge in [-0.05, 0) is 18.2 Å². The van der Waals surface area contributed by atoms with Crippen LogP contribution in [0.4, 0.5) is 0 Å². The number of hydrogen-bond acceptors (Lipinski definition) is 4. The molecule has 1 aromatic carbocycles. The summed E-state index contributed by atoms with van der Waals surface area (Å²) in [6.07, 6.45) is 0. The third-order valence-corrected chi connectivity index (χ3v) is 2.56. The van der Waals surface area contributed by atoms with E-state index in [1.165, 1.54) is 0 Å². The van der Waals surface area contributed by atoms with Gasteiger partial charge in [0.1, 0.15) is 5.52 Å². The fourth-order valence-electron chi connectivity index (χ4n) is 1.31. The van der Waals surface area contributed by atoms with Crippen LogP contribution in [0.25, 0.3) is 11.1 Å². The lowest BCUT2D eigenvalue weighted by Gasteiger charge is -1.94. The van der Waals surface area contributed by atoms with E-state index >= 15 is 0 Å². The van der Waals surface area contributed by atoms with Gasteiger partial charge in [-0.1, -0.05) is 15.9 Å². The highest BCUT2D eigenvalue weighted by Crippen LogP contribution is 2.17. The smallest absolute Gasteiger partial charge is 0.209 e. The molecule has 0 spiro atoms. The van der Waals surface area contributed by atoms with Crippen LogP contribution in [0.15, 0.2) is 22.6 Å². The molecule has 0 atom stereocenters. The number of Topliss-reactive ketones (excluding diaryl/α,β-unsaturated/α-hetero) is 1. The minimum Gasteiger partial charge on any atom is -0.439 e. The number of rotatable bonds is 3. The van der Waals surface area contributed by atoms with E-state index < -0.39 is 0 Å². The van der Waals surface area contributed by atoms with Crippen molar-refractivity contribution in [1.29, 1.82) is 0 Å². The molecule has 2 aromatic rings. The zero-order valence-electron chi connectivity index (χ0n) is 7.87. The van der Waals surface area contributed by atoms with E-state index in [0.29, 0.717) is 22.4 Å². The van der Waals surface area contributed by atoms with Crippen LogP contribution < -0.4 is 5.73 Å². The maximum Gasteiger partial charge on any atom is 0.209 e. The molecule has 0 radical (unpaired) electrons. The lowest BCUT2D eigenvalue weighted by Crippen LogP contribution is -1.98. The molecule has 1 aromatic heterocycles. The summed E-state index contributed by atoms with van der Waals surface area (Å²) in [5, 5.41) is 0.302. The molecule has 0 fully saturated rings. The van der Waals surface area contributed by atoms with Gasteiger partial charge in [-0.2, -0.15) is 0 Å². The number of aromatic nitrogens is 1. The lowest BCUT2D eigenvalue weighted by atomic mass is 10.1. The van der Waals surface area contributed by atoms with Gasteiger partial charge in [0.2, 0.25) is 5.89 Å². The molecule has 1 heterocycles. The van der Waals surface area contributed by atoms with Gasteiger partial charge in [-0.15, -0.1) is 0 Å². The molecular weight excluding hydrogens is 260 g/mol. The lowest BCUT2D eigenvalue weighted by molar-refractivity contribution is 0.102. The van der Waals surface area contributed by atoms with Crippen LogP contribution >= 0.6 is 15.9 Å². The first-order valence-electron chi connectivity index (χ1n) is 4.43. The maximum atomic E-state index is 11.4. The van der Waals surface area contributed by atoms with Crippen LogP contribution in [0.5, 0.6) is 0 Å². The second-order valence-electron chi connectivity index (χ2n) is 3.05. The fraction of sp³-hybridized carbons (Fsp3) is 0.200. The van der Waals surface area contributed by atoms with E-state index in [0.717, 1.165) is 5.52 Å². The predicted molar refractivity (Wildman–Crippen MR) is 60.0 cm³/mol. The number of alkyl halides is 1. The molecule has 15 heavy (non-hydrogen) atoms. The zero-order chi connectivity index (χ0) is 10.8. The van der Waals surface area contributed by atoms with Crippen molar-refractivity contribution in [3.63, 3.8) is 0 Å². The van der Waals surface area contributed by atoms with E-state index in [-0.39, 0.29) is 12.3 Å². The number of fused-ring (bicyclic) bond motifs is 1. The van der Waals surface area contributed by atoms with Gasteiger partial charge in [-0.3, -0.25) is 4.79 Å². The first-order valence-corrected chi connectivity index (χ1v) is 5.55. The normalized spacial score (nSPS) is 10.8. The Hall–Kier alpha value is -1.20. The highest BCUT2D eigenvalue weighted by molar-refractivity contribution is 9.09. The van der Waals surface area contributed by atoms with Crippen molar-refractivity contribution in [1.82, 2.24) is 4.98 Å². The first-order chi connectivity index (χ1) is 7.24. The number of carbonyl (C=O) groups is 1. The minimum atomic E-state index is 0.0163. The van der Waals surface area contributed by atoms with Crippen LogP contribution in [-0.4, -0.2) is 16.1 Å². The molecule has 0 saturated carbocycles. The van der Waals surface area contributed by atoms with Crippen molar-refractivity contribution in [2.45, 2.75) is 6.54 Å². The number of benzene rings is 1. The fourth-order valence-corrected chi connectivity index (χ4v) is 1.63. The van der Waals surface area contributed by atoms with Gasteiger partial charge in [0.15, 0.2) is 11.4 Å². The number of oxazole rings is 1. The van der Waals surface area contributed by atoms with Gasteiger partial charge < -0.3 is 10.2 Å². The van der Waals surface area contributed by atoms with Crippen molar-refractivity contribution < 1.29 is 9.21 Å². The summed E-state index contributed by atoms with van der Waals surface area (Å²) in [6, 6.07) is 5.17. The Bertz CT molecular complexity index is 507. The molecule has 0 unspecified atom stereocenters. The Balaban J connectivity index is 2.50. The van der Waals surface area contributed by atoms with Crippen molar-refractivity contribution in [2.75, 3.05) is 5.33 Å². The number of nitrogens with two attached hydrogens (primary N) is 1. The molecule has 2 rings (SSSR count). The van der Waals surface area contributed by atoms with E-state index in [2.05, 4.69) is 20.9 Å². The third kappa shape index (κ3) is 1.93. The van der Waals surface area contributed by atoms with Crippen LogP contribution in [-0.2, 0) is 6.54 Å². The second kappa shape index (κ2) is 4.12. The molecule has 0 saturated heterocycles. The average molecular weight is 269 g/mol. The van der Waals surface area contributed by atoms with Crippen LogP contribution in [0.2, 0.25) is 0 Å². The monoisotopic (exact) mass is 268 g/mol. The van der Waals surface area contributed by atoms with Crippen molar-refractivity contribution in [3.05, 3.63) is 29.7 Å². The Morgan fingerprint density at radius 3 is 3.00 bits per heavy atom. The summed E-state index contributed by atoms with van der Waals surface area (Å²) in [5.74, 6) is 0.496. The Kier molecular flexibility index (Phi) is 2.83. The average Bonchev–Trinajstić information content (AvgIpc) is 2.69. The minimum absolute atomic E-state index is 0.0163. The summed E-state index contributed by atoms with van der Waals surface area (Å²) >= 11 is 3.12. The predicted octanol–water partition coefficient (Wildman–Crippen LogP) is 1.86. The summed E-state index contributed by atoms with van der Waals surface area (Å²) < 4.78 is 5.35. The molecule has 2 N–H and O–H groups in total. The summed E-state index contributed by atoms with van der Waals surface area (Å²) in [6.45, 7) is 0.260. The molecular formula is C10H9BrN2O2. The van der Waals surface area contributed by atoms with Crippen LogP contribution in [0, 0.1) is 0 Å². The van der Waals surface area contributed by atoms with Crippen LogP contribution in [0.3, 0.4) is 0 Å². The molecule has 78 valence electrons. The number of carbonyl (C=O) groups excluding carboxylic acids is 1. The number of nitrogens with zero attached hydrogens (tertiary/aromatic N) is 1.